The summed E-state index contributed by atoms with van der Waals surface area (Å²) in [7, 11) is 0. The fourth-order valence-electron chi connectivity index (χ4n) is 0.346. The Hall–Kier alpha value is 0.626. The van der Waals surface area contributed by atoms with Gasteiger partial charge in [-0.05, 0) is 12.2 Å². The molecule has 0 saturated carbocycles. The van der Waals surface area contributed by atoms with Gasteiger partial charge in [0.2, 0.25) is 0 Å². The fourth-order valence-corrected chi connectivity index (χ4v) is 0.346. The second kappa shape index (κ2) is 11.4. The van der Waals surface area contributed by atoms with E-state index in [1.54, 1.807) is 6.26 Å². The van der Waals surface area contributed by atoms with Gasteiger partial charge in [0.1, 0.15) is 6.61 Å². The molecule has 9 heavy (non-hydrogen) atoms. The zero-order valence-corrected chi connectivity index (χ0v) is 7.81. The summed E-state index contributed by atoms with van der Waals surface area (Å²) in [5.41, 5.74) is 0. The molecule has 0 fully saturated rings. The molecule has 0 radical (unpaired) electrons. The van der Waals surface area contributed by atoms with Gasteiger partial charge in [0.25, 0.3) is 0 Å². The van der Waals surface area contributed by atoms with Crippen LogP contribution in [0.4, 0.5) is 0 Å². The van der Waals surface area contributed by atoms with E-state index in [-0.39, 0.29) is 47.9 Å². The normalized spacial score (nSPS) is 11.6. The van der Waals surface area contributed by atoms with Crippen molar-refractivity contribution in [2.24, 2.45) is 0 Å². The Morgan fingerprint density at radius 1 is 1.11 bits per heavy atom. The van der Waals surface area contributed by atoms with Crippen molar-refractivity contribution < 1.29 is 29.6 Å². The van der Waals surface area contributed by atoms with Crippen molar-refractivity contribution in [3.63, 3.8) is 0 Å². The first kappa shape index (κ1) is 16.3. The van der Waals surface area contributed by atoms with Gasteiger partial charge in [-0.2, -0.15) is 0 Å². The van der Waals surface area contributed by atoms with Crippen LogP contribution in [0.25, 0.3) is 0 Å². The second-order valence-corrected chi connectivity index (χ2v) is 1.09. The van der Waals surface area contributed by atoms with Crippen LogP contribution in [0.1, 0.15) is 0 Å². The summed E-state index contributed by atoms with van der Waals surface area (Å²) in [6.07, 6.45) is 7.47. The predicted octanol–water partition coefficient (Wildman–Crippen LogP) is -5.29. The number of hydrogen-bond acceptors (Lipinski definition) is 1. The third kappa shape index (κ3) is 8.63. The van der Waals surface area contributed by atoms with Crippen LogP contribution >= 0.6 is 0 Å². The van der Waals surface area contributed by atoms with Crippen LogP contribution < -0.4 is 24.8 Å². The minimum absolute atomic E-state index is 0. The summed E-state index contributed by atoms with van der Waals surface area (Å²) < 4.78 is 4.80. The number of halogens is 2. The molecular weight excluding hydrogens is 171 g/mol. The van der Waals surface area contributed by atoms with E-state index in [4.69, 9.17) is 4.74 Å². The Kier molecular flexibility index (Phi) is 20.7. The summed E-state index contributed by atoms with van der Waals surface area (Å²) in [6, 6.07) is 0. The molecule has 0 N–H and O–H groups in total. The van der Waals surface area contributed by atoms with Crippen LogP contribution in [0.2, 0.25) is 0 Å². The van der Waals surface area contributed by atoms with Crippen molar-refractivity contribution in [2.75, 3.05) is 6.61 Å². The van der Waals surface area contributed by atoms with Gasteiger partial charge in [-0.3, -0.25) is 0 Å². The van der Waals surface area contributed by atoms with Gasteiger partial charge >= 0.3 is 23.1 Å². The van der Waals surface area contributed by atoms with Crippen molar-refractivity contribution in [1.29, 1.82) is 0 Å². The van der Waals surface area contributed by atoms with Crippen LogP contribution in [0.3, 0.4) is 0 Å². The molecule has 0 aromatic heterocycles. The van der Waals surface area contributed by atoms with Crippen LogP contribution in [0.5, 0.6) is 0 Å². The number of rotatable bonds is 0. The maximum Gasteiger partial charge on any atom is 2.00 e. The van der Waals surface area contributed by atoms with Gasteiger partial charge in [0.05, 0.1) is 6.26 Å². The zero-order valence-electron chi connectivity index (χ0n) is 4.89. The molecule has 1 nitrogen and oxygen atoms in total. The minimum atomic E-state index is 0. The molecule has 1 aliphatic heterocycles. The molecule has 4 heteroatoms. The van der Waals surface area contributed by atoms with Crippen LogP contribution in [-0.4, -0.2) is 29.7 Å². The van der Waals surface area contributed by atoms with Gasteiger partial charge in [0.15, 0.2) is 0 Å². The van der Waals surface area contributed by atoms with E-state index in [1.807, 2.05) is 18.2 Å². The van der Waals surface area contributed by atoms with Gasteiger partial charge in [0, 0.05) is 0 Å². The largest absolute Gasteiger partial charge is 2.00 e. The third-order valence-corrected chi connectivity index (χ3v) is 0.614. The summed E-state index contributed by atoms with van der Waals surface area (Å²) in [6.45, 7) is 0.733. The Morgan fingerprint density at radius 2 is 1.78 bits per heavy atom. The standard InChI is InChI=1S/C5H6O.2ClH.Mg/c1-2-4-6-5-3-1;;;/h1-4H,5H2;2*1H;/q;;;+2/p-2. The predicted molar refractivity (Wildman–Crippen MR) is 30.0 cm³/mol. The zero-order chi connectivity index (χ0) is 4.24. The van der Waals surface area contributed by atoms with E-state index in [1.165, 1.54) is 0 Å². The Morgan fingerprint density at radius 3 is 1.89 bits per heavy atom. The van der Waals surface area contributed by atoms with Crippen molar-refractivity contribution in [3.05, 3.63) is 24.5 Å². The minimum Gasteiger partial charge on any atom is -1.00 e. The summed E-state index contributed by atoms with van der Waals surface area (Å²) >= 11 is 0. The Labute approximate surface area is 83.5 Å². The van der Waals surface area contributed by atoms with E-state index in [9.17, 15) is 0 Å². The number of hydrogen-bond donors (Lipinski definition) is 0. The van der Waals surface area contributed by atoms with E-state index >= 15 is 0 Å². The molecule has 0 saturated heterocycles. The quantitative estimate of drug-likeness (QED) is 0.336. The van der Waals surface area contributed by atoms with Crippen molar-refractivity contribution in [1.82, 2.24) is 0 Å². The molecule has 0 aromatic rings. The molecule has 0 spiro atoms. The molecule has 0 bridgehead atoms. The molecule has 1 rings (SSSR count). The van der Waals surface area contributed by atoms with E-state index in [0.717, 1.165) is 6.61 Å². The van der Waals surface area contributed by atoms with E-state index in [2.05, 4.69) is 0 Å². The topological polar surface area (TPSA) is 9.23 Å². The molecule has 0 atom stereocenters. The van der Waals surface area contributed by atoms with Crippen LogP contribution in [0, 0.1) is 0 Å². The SMILES string of the molecule is C1=CCOC=C1.[Cl-].[Cl-].[Mg+2]. The fraction of sp³-hybridized carbons (Fsp3) is 0.200. The molecule has 48 valence electrons. The third-order valence-electron chi connectivity index (χ3n) is 0.614. The molecule has 1 heterocycles. The maximum absolute atomic E-state index is 4.80. The average Bonchev–Trinajstić information content (AvgIpc) is 1.72. The molecule has 1 aliphatic rings. The molecule has 0 unspecified atom stereocenters. The Bertz CT molecular complexity index is 81.0. The summed E-state index contributed by atoms with van der Waals surface area (Å²) in [5.74, 6) is 0. The Balaban J connectivity index is -0.000000120. The van der Waals surface area contributed by atoms with E-state index in [0.29, 0.717) is 0 Å². The van der Waals surface area contributed by atoms with Crippen molar-refractivity contribution in [2.45, 2.75) is 0 Å². The first-order valence-corrected chi connectivity index (χ1v) is 1.93. The van der Waals surface area contributed by atoms with Crippen LogP contribution in [-0.2, 0) is 4.74 Å². The van der Waals surface area contributed by atoms with Gasteiger partial charge in [-0.15, -0.1) is 0 Å². The summed E-state index contributed by atoms with van der Waals surface area (Å²) in [5, 5.41) is 0. The smallest absolute Gasteiger partial charge is 1.00 e. The maximum atomic E-state index is 4.80. The van der Waals surface area contributed by atoms with Gasteiger partial charge < -0.3 is 29.6 Å². The first-order chi connectivity index (χ1) is 3.00. The monoisotopic (exact) mass is 176 g/mol. The first-order valence-electron chi connectivity index (χ1n) is 1.93. The van der Waals surface area contributed by atoms with E-state index < -0.39 is 0 Å². The summed E-state index contributed by atoms with van der Waals surface area (Å²) in [4.78, 5) is 0. The average molecular weight is 177 g/mol. The van der Waals surface area contributed by atoms with Gasteiger partial charge in [-0.25, -0.2) is 0 Å². The van der Waals surface area contributed by atoms with Crippen LogP contribution in [0.15, 0.2) is 24.5 Å². The molecular formula is C5H6Cl2MgO. The molecule has 0 amide bonds. The van der Waals surface area contributed by atoms with Crippen molar-refractivity contribution >= 4 is 23.1 Å². The number of allylic oxidation sites excluding steroid dienone is 2. The van der Waals surface area contributed by atoms with Crippen molar-refractivity contribution in [3.8, 4) is 0 Å². The molecule has 0 aliphatic carbocycles. The number of ether oxygens (including phenoxy) is 1. The van der Waals surface area contributed by atoms with Gasteiger partial charge in [-0.1, -0.05) is 6.08 Å². The molecule has 0 aromatic carbocycles. The second-order valence-electron chi connectivity index (χ2n) is 1.09.